The van der Waals surface area contributed by atoms with E-state index in [0.717, 1.165) is 17.8 Å². The molecule has 3 atom stereocenters. The molecule has 0 bridgehead atoms. The van der Waals surface area contributed by atoms with Gasteiger partial charge in [-0.3, -0.25) is 0 Å². The van der Waals surface area contributed by atoms with Gasteiger partial charge in [-0.2, -0.15) is 0 Å². The summed E-state index contributed by atoms with van der Waals surface area (Å²) in [6.07, 6.45) is 8.13. The van der Waals surface area contributed by atoms with Crippen LogP contribution in [-0.4, -0.2) is 0 Å². The van der Waals surface area contributed by atoms with E-state index in [2.05, 4.69) is 19.9 Å². The fraction of sp³-hybridized carbons (Fsp3) is 0.818. The van der Waals surface area contributed by atoms with E-state index < -0.39 is 0 Å². The molecule has 1 saturated carbocycles. The Labute approximate surface area is 69.7 Å². The van der Waals surface area contributed by atoms with E-state index in [1.165, 1.54) is 25.7 Å². The molecule has 11 heavy (non-hydrogen) atoms. The molecule has 0 nitrogen and oxygen atoms in total. The minimum atomic E-state index is 0.902. The van der Waals surface area contributed by atoms with Gasteiger partial charge in [0.2, 0.25) is 0 Å². The molecule has 0 aromatic heterocycles. The van der Waals surface area contributed by atoms with Gasteiger partial charge in [0.15, 0.2) is 0 Å². The highest BCUT2D eigenvalue weighted by Gasteiger charge is 2.34. The van der Waals surface area contributed by atoms with E-state index in [1.54, 1.807) is 5.57 Å². The van der Waals surface area contributed by atoms with Gasteiger partial charge in [0.25, 0.3) is 0 Å². The second kappa shape index (κ2) is 2.66. The Balaban J connectivity index is 1.77. The second-order valence-corrected chi connectivity index (χ2v) is 4.43. The number of allylic oxidation sites excluding steroid dienone is 2. The second-order valence-electron chi connectivity index (χ2n) is 4.43. The molecular weight excluding hydrogens is 132 g/mol. The summed E-state index contributed by atoms with van der Waals surface area (Å²) in [4.78, 5) is 0. The monoisotopic (exact) mass is 150 g/mol. The molecule has 2 rings (SSSR count). The Morgan fingerprint density at radius 2 is 2.27 bits per heavy atom. The van der Waals surface area contributed by atoms with Crippen molar-refractivity contribution < 1.29 is 0 Å². The summed E-state index contributed by atoms with van der Waals surface area (Å²) < 4.78 is 0. The van der Waals surface area contributed by atoms with Crippen molar-refractivity contribution in [2.75, 3.05) is 0 Å². The average Bonchev–Trinajstić information content (AvgIpc) is 2.40. The standard InChI is InChI=1S/C11H18/c1-8(10-4-3-5-10)6-11-7-9(11)2/h4,8-9,11H,3,5-7H2,1-2H3. The van der Waals surface area contributed by atoms with Crippen LogP contribution in [0.15, 0.2) is 11.6 Å². The first-order valence-electron chi connectivity index (χ1n) is 4.96. The van der Waals surface area contributed by atoms with Crippen molar-refractivity contribution in [3.05, 3.63) is 11.6 Å². The summed E-state index contributed by atoms with van der Waals surface area (Å²) in [5, 5.41) is 0. The van der Waals surface area contributed by atoms with Crippen LogP contribution in [0, 0.1) is 17.8 Å². The SMILES string of the molecule is CC(CC1CC1C)C1=CCC1. The number of hydrogen-bond acceptors (Lipinski definition) is 0. The molecule has 62 valence electrons. The molecule has 0 N–H and O–H groups in total. The minimum Gasteiger partial charge on any atom is -0.0847 e. The van der Waals surface area contributed by atoms with Gasteiger partial charge in [-0.1, -0.05) is 25.5 Å². The maximum Gasteiger partial charge on any atom is -0.0229 e. The van der Waals surface area contributed by atoms with Crippen LogP contribution >= 0.6 is 0 Å². The highest BCUT2D eigenvalue weighted by atomic mass is 14.4. The maximum atomic E-state index is 2.43. The van der Waals surface area contributed by atoms with Gasteiger partial charge in [0.1, 0.15) is 0 Å². The Morgan fingerprint density at radius 1 is 1.64 bits per heavy atom. The predicted octanol–water partition coefficient (Wildman–Crippen LogP) is 3.39. The first-order chi connectivity index (χ1) is 5.27. The zero-order chi connectivity index (χ0) is 7.84. The van der Waals surface area contributed by atoms with Gasteiger partial charge < -0.3 is 0 Å². The average molecular weight is 150 g/mol. The summed E-state index contributed by atoms with van der Waals surface area (Å²) in [7, 11) is 0. The molecule has 0 saturated heterocycles. The van der Waals surface area contributed by atoms with Crippen molar-refractivity contribution >= 4 is 0 Å². The molecule has 3 unspecified atom stereocenters. The largest absolute Gasteiger partial charge is 0.0847 e. The molecular formula is C11H18. The first kappa shape index (κ1) is 7.39. The van der Waals surface area contributed by atoms with Gasteiger partial charge in [0.05, 0.1) is 0 Å². The lowest BCUT2D eigenvalue weighted by molar-refractivity contribution is 0.510. The van der Waals surface area contributed by atoms with Crippen LogP contribution in [0.2, 0.25) is 0 Å². The highest BCUT2D eigenvalue weighted by molar-refractivity contribution is 5.15. The molecule has 2 aliphatic carbocycles. The van der Waals surface area contributed by atoms with Crippen LogP contribution in [0.1, 0.15) is 39.5 Å². The third-order valence-electron chi connectivity index (χ3n) is 3.40. The third kappa shape index (κ3) is 1.50. The summed E-state index contributed by atoms with van der Waals surface area (Å²) in [6, 6.07) is 0. The Bertz CT molecular complexity index is 178. The van der Waals surface area contributed by atoms with Gasteiger partial charge >= 0.3 is 0 Å². The summed E-state index contributed by atoms with van der Waals surface area (Å²) >= 11 is 0. The molecule has 0 heterocycles. The summed E-state index contributed by atoms with van der Waals surface area (Å²) in [5.74, 6) is 3.02. The van der Waals surface area contributed by atoms with Crippen LogP contribution in [0.3, 0.4) is 0 Å². The van der Waals surface area contributed by atoms with E-state index in [0.29, 0.717) is 0 Å². The van der Waals surface area contributed by atoms with Gasteiger partial charge in [-0.25, -0.2) is 0 Å². The van der Waals surface area contributed by atoms with Crippen LogP contribution in [-0.2, 0) is 0 Å². The van der Waals surface area contributed by atoms with Gasteiger partial charge in [0, 0.05) is 0 Å². The predicted molar refractivity (Wildman–Crippen MR) is 48.4 cm³/mol. The molecule has 0 heteroatoms. The van der Waals surface area contributed by atoms with Crippen molar-refractivity contribution in [2.24, 2.45) is 17.8 Å². The lowest BCUT2D eigenvalue weighted by atomic mass is 9.85. The molecule has 1 fully saturated rings. The molecule has 2 aliphatic rings. The highest BCUT2D eigenvalue weighted by Crippen LogP contribution is 2.44. The molecule has 0 amide bonds. The third-order valence-corrected chi connectivity index (χ3v) is 3.40. The molecule has 0 aliphatic heterocycles. The zero-order valence-electron chi connectivity index (χ0n) is 7.64. The van der Waals surface area contributed by atoms with Crippen molar-refractivity contribution in [1.82, 2.24) is 0 Å². The van der Waals surface area contributed by atoms with Crippen molar-refractivity contribution in [3.8, 4) is 0 Å². The fourth-order valence-corrected chi connectivity index (χ4v) is 2.09. The normalized spacial score (nSPS) is 37.5. The quantitative estimate of drug-likeness (QED) is 0.541. The topological polar surface area (TPSA) is 0 Å². The fourth-order valence-electron chi connectivity index (χ4n) is 2.09. The molecule has 0 aromatic rings. The molecule has 0 spiro atoms. The van der Waals surface area contributed by atoms with Gasteiger partial charge in [-0.15, -0.1) is 0 Å². The Kier molecular flexibility index (Phi) is 1.78. The first-order valence-corrected chi connectivity index (χ1v) is 4.96. The van der Waals surface area contributed by atoms with Crippen LogP contribution in [0.25, 0.3) is 0 Å². The Morgan fingerprint density at radius 3 is 2.64 bits per heavy atom. The van der Waals surface area contributed by atoms with Gasteiger partial charge in [-0.05, 0) is 43.4 Å². The number of rotatable bonds is 3. The molecule has 0 radical (unpaired) electrons. The smallest absolute Gasteiger partial charge is 0.0229 e. The van der Waals surface area contributed by atoms with Crippen LogP contribution < -0.4 is 0 Å². The lowest BCUT2D eigenvalue weighted by Crippen LogP contribution is -2.06. The number of hydrogen-bond donors (Lipinski definition) is 0. The van der Waals surface area contributed by atoms with E-state index in [4.69, 9.17) is 0 Å². The van der Waals surface area contributed by atoms with Crippen LogP contribution in [0.5, 0.6) is 0 Å². The van der Waals surface area contributed by atoms with Crippen molar-refractivity contribution in [2.45, 2.75) is 39.5 Å². The molecule has 0 aromatic carbocycles. The van der Waals surface area contributed by atoms with Crippen molar-refractivity contribution in [3.63, 3.8) is 0 Å². The summed E-state index contributed by atoms with van der Waals surface area (Å²) in [5.41, 5.74) is 1.74. The van der Waals surface area contributed by atoms with Crippen molar-refractivity contribution in [1.29, 1.82) is 0 Å². The van der Waals surface area contributed by atoms with Crippen LogP contribution in [0.4, 0.5) is 0 Å². The maximum absolute atomic E-state index is 2.43. The lowest BCUT2D eigenvalue weighted by Gasteiger charge is -2.21. The van der Waals surface area contributed by atoms with E-state index >= 15 is 0 Å². The Hall–Kier alpha value is -0.260. The van der Waals surface area contributed by atoms with E-state index in [9.17, 15) is 0 Å². The zero-order valence-corrected chi connectivity index (χ0v) is 7.64. The van der Waals surface area contributed by atoms with E-state index in [1.807, 2.05) is 0 Å². The summed E-state index contributed by atoms with van der Waals surface area (Å²) in [6.45, 7) is 4.78. The minimum absolute atomic E-state index is 0.902. The van der Waals surface area contributed by atoms with E-state index in [-0.39, 0.29) is 0 Å².